The van der Waals surface area contributed by atoms with Crippen LogP contribution < -0.4 is 9.62 Å². The van der Waals surface area contributed by atoms with Crippen molar-refractivity contribution in [3.05, 3.63) is 94.5 Å². The zero-order valence-corrected chi connectivity index (χ0v) is 20.0. The van der Waals surface area contributed by atoms with Crippen LogP contribution in [0.25, 0.3) is 0 Å². The second-order valence-electron chi connectivity index (χ2n) is 8.30. The van der Waals surface area contributed by atoms with Gasteiger partial charge in [0.15, 0.2) is 0 Å². The van der Waals surface area contributed by atoms with Crippen LogP contribution in [0.5, 0.6) is 0 Å². The van der Waals surface area contributed by atoms with Gasteiger partial charge in [0.05, 0.1) is 16.6 Å². The van der Waals surface area contributed by atoms with Crippen LogP contribution in [0, 0.1) is 27.7 Å². The molecule has 0 fully saturated rings. The van der Waals surface area contributed by atoms with Crippen molar-refractivity contribution in [1.29, 1.82) is 0 Å². The fourth-order valence-electron chi connectivity index (χ4n) is 3.47. The normalized spacial score (nSPS) is 12.3. The minimum absolute atomic E-state index is 0.152. The van der Waals surface area contributed by atoms with Crippen molar-refractivity contribution in [3.8, 4) is 0 Å². The van der Waals surface area contributed by atoms with E-state index >= 15 is 0 Å². The molecule has 0 saturated carbocycles. The Labute approximate surface area is 191 Å². The molecule has 0 aliphatic rings. The molecule has 3 aromatic carbocycles. The third-order valence-corrected chi connectivity index (χ3v) is 7.38. The van der Waals surface area contributed by atoms with E-state index in [1.54, 1.807) is 42.5 Å². The molecule has 3 rings (SSSR count). The van der Waals surface area contributed by atoms with Crippen molar-refractivity contribution >= 4 is 21.6 Å². The molecule has 3 aromatic rings. The fraction of sp³-hybridized carbons (Fsp3) is 0.269. The Morgan fingerprint density at radius 2 is 1.56 bits per heavy atom. The van der Waals surface area contributed by atoms with E-state index < -0.39 is 10.0 Å². The van der Waals surface area contributed by atoms with Gasteiger partial charge in [-0.2, -0.15) is 0 Å². The summed E-state index contributed by atoms with van der Waals surface area (Å²) in [5.74, 6) is -0.368. The summed E-state index contributed by atoms with van der Waals surface area (Å²) < 4.78 is 28.1. The highest BCUT2D eigenvalue weighted by Crippen LogP contribution is 2.25. The number of anilines is 1. The van der Waals surface area contributed by atoms with Crippen molar-refractivity contribution in [2.75, 3.05) is 10.8 Å². The molecule has 0 aliphatic carbocycles. The molecular formula is C26H30N2O3S. The van der Waals surface area contributed by atoms with Gasteiger partial charge < -0.3 is 5.32 Å². The Kier molecular flexibility index (Phi) is 7.04. The lowest BCUT2D eigenvalue weighted by molar-refractivity contribution is -0.120. The minimum atomic E-state index is -3.92. The summed E-state index contributed by atoms with van der Waals surface area (Å²) in [7, 11) is -3.92. The molecule has 32 heavy (non-hydrogen) atoms. The number of nitrogens with one attached hydrogen (secondary N) is 1. The average molecular weight is 451 g/mol. The quantitative estimate of drug-likeness (QED) is 0.551. The first-order chi connectivity index (χ1) is 15.1. The number of carbonyl (C=O) groups excluding carboxylic acids is 1. The maximum absolute atomic E-state index is 13.5. The smallest absolute Gasteiger partial charge is 0.264 e. The molecule has 0 radical (unpaired) electrons. The molecule has 1 amide bonds. The largest absolute Gasteiger partial charge is 0.348 e. The Balaban J connectivity index is 1.89. The van der Waals surface area contributed by atoms with E-state index in [1.807, 2.05) is 58.9 Å². The second-order valence-corrected chi connectivity index (χ2v) is 10.2. The first-order valence-electron chi connectivity index (χ1n) is 10.6. The maximum atomic E-state index is 13.5. The number of rotatable bonds is 7. The standard InChI is InChI=1S/C26H30N2O3S/c1-18-9-13-25(14-10-18)32(30,31)28(24-8-6-7-19(2)15-24)17-26(29)27-22(5)23-12-11-20(3)21(4)16-23/h6-16,22H,17H2,1-5H3,(H,27,29). The zero-order chi connectivity index (χ0) is 23.5. The van der Waals surface area contributed by atoms with E-state index in [0.29, 0.717) is 5.69 Å². The van der Waals surface area contributed by atoms with Gasteiger partial charge in [-0.25, -0.2) is 8.42 Å². The van der Waals surface area contributed by atoms with Crippen LogP contribution in [0.2, 0.25) is 0 Å². The number of carbonyl (C=O) groups is 1. The van der Waals surface area contributed by atoms with Crippen molar-refractivity contribution in [3.63, 3.8) is 0 Å². The van der Waals surface area contributed by atoms with Crippen LogP contribution in [0.4, 0.5) is 5.69 Å². The number of benzene rings is 3. The van der Waals surface area contributed by atoms with Crippen LogP contribution in [0.1, 0.15) is 40.8 Å². The summed E-state index contributed by atoms with van der Waals surface area (Å²) in [5.41, 5.74) is 5.64. The molecule has 0 spiro atoms. The Hall–Kier alpha value is -3.12. The van der Waals surface area contributed by atoms with E-state index in [0.717, 1.165) is 22.3 Å². The third-order valence-electron chi connectivity index (χ3n) is 5.59. The second kappa shape index (κ2) is 9.57. The molecule has 1 atom stereocenters. The van der Waals surface area contributed by atoms with Gasteiger partial charge in [-0.05, 0) is 81.1 Å². The third kappa shape index (κ3) is 5.37. The van der Waals surface area contributed by atoms with Gasteiger partial charge >= 0.3 is 0 Å². The van der Waals surface area contributed by atoms with Gasteiger partial charge in [0, 0.05) is 0 Å². The van der Waals surface area contributed by atoms with Crippen molar-refractivity contribution in [2.24, 2.45) is 0 Å². The maximum Gasteiger partial charge on any atom is 0.264 e. The molecule has 0 heterocycles. The number of hydrogen-bond acceptors (Lipinski definition) is 3. The van der Waals surface area contributed by atoms with Gasteiger partial charge in [0.1, 0.15) is 6.54 Å². The summed E-state index contributed by atoms with van der Waals surface area (Å²) in [6, 6.07) is 19.6. The molecule has 0 aliphatic heterocycles. The summed E-state index contributed by atoms with van der Waals surface area (Å²) >= 11 is 0. The van der Waals surface area contributed by atoms with Crippen LogP contribution >= 0.6 is 0 Å². The molecule has 0 saturated heterocycles. The van der Waals surface area contributed by atoms with E-state index in [-0.39, 0.29) is 23.4 Å². The zero-order valence-electron chi connectivity index (χ0n) is 19.2. The van der Waals surface area contributed by atoms with Crippen molar-refractivity contribution < 1.29 is 13.2 Å². The van der Waals surface area contributed by atoms with Gasteiger partial charge in [-0.15, -0.1) is 0 Å². The molecule has 6 heteroatoms. The van der Waals surface area contributed by atoms with Gasteiger partial charge in [0.25, 0.3) is 10.0 Å². The Morgan fingerprint density at radius 1 is 0.875 bits per heavy atom. The number of nitrogens with zero attached hydrogens (tertiary/aromatic N) is 1. The van der Waals surface area contributed by atoms with E-state index in [4.69, 9.17) is 0 Å². The molecule has 1 N–H and O–H groups in total. The molecule has 5 nitrogen and oxygen atoms in total. The SMILES string of the molecule is Cc1ccc(S(=O)(=O)N(CC(=O)NC(C)c2ccc(C)c(C)c2)c2cccc(C)c2)cc1. The highest BCUT2D eigenvalue weighted by molar-refractivity contribution is 7.92. The van der Waals surface area contributed by atoms with Crippen molar-refractivity contribution in [1.82, 2.24) is 5.32 Å². The highest BCUT2D eigenvalue weighted by Gasteiger charge is 2.27. The van der Waals surface area contributed by atoms with E-state index in [2.05, 4.69) is 5.32 Å². The lowest BCUT2D eigenvalue weighted by atomic mass is 10.0. The van der Waals surface area contributed by atoms with E-state index in [9.17, 15) is 13.2 Å². The lowest BCUT2D eigenvalue weighted by Gasteiger charge is -2.25. The summed E-state index contributed by atoms with van der Waals surface area (Å²) in [6.07, 6.45) is 0. The first kappa shape index (κ1) is 23.5. The average Bonchev–Trinajstić information content (AvgIpc) is 2.74. The summed E-state index contributed by atoms with van der Waals surface area (Å²) in [6.45, 7) is 9.44. The molecular weight excluding hydrogens is 420 g/mol. The van der Waals surface area contributed by atoms with Crippen LogP contribution in [-0.2, 0) is 14.8 Å². The lowest BCUT2D eigenvalue weighted by Crippen LogP contribution is -2.41. The molecule has 168 valence electrons. The summed E-state index contributed by atoms with van der Waals surface area (Å²) in [5, 5.41) is 2.95. The fourth-order valence-corrected chi connectivity index (χ4v) is 4.88. The van der Waals surface area contributed by atoms with Gasteiger partial charge in [0.2, 0.25) is 5.91 Å². The minimum Gasteiger partial charge on any atom is -0.348 e. The monoisotopic (exact) mass is 450 g/mol. The summed E-state index contributed by atoms with van der Waals surface area (Å²) in [4.78, 5) is 13.1. The van der Waals surface area contributed by atoms with Gasteiger partial charge in [-0.3, -0.25) is 9.10 Å². The predicted molar refractivity (Wildman–Crippen MR) is 129 cm³/mol. The molecule has 0 aromatic heterocycles. The highest BCUT2D eigenvalue weighted by atomic mass is 32.2. The number of hydrogen-bond donors (Lipinski definition) is 1. The van der Waals surface area contributed by atoms with Crippen LogP contribution in [0.15, 0.2) is 71.6 Å². The number of sulfonamides is 1. The molecule has 0 bridgehead atoms. The van der Waals surface area contributed by atoms with E-state index in [1.165, 1.54) is 9.87 Å². The molecule has 1 unspecified atom stereocenters. The van der Waals surface area contributed by atoms with Crippen LogP contribution in [-0.4, -0.2) is 20.9 Å². The Bertz CT molecular complexity index is 1220. The first-order valence-corrected chi connectivity index (χ1v) is 12.0. The number of amides is 1. The van der Waals surface area contributed by atoms with Crippen LogP contribution in [0.3, 0.4) is 0 Å². The van der Waals surface area contributed by atoms with Gasteiger partial charge in [-0.1, -0.05) is 48.0 Å². The topological polar surface area (TPSA) is 66.5 Å². The van der Waals surface area contributed by atoms with Crippen molar-refractivity contribution in [2.45, 2.75) is 45.6 Å². The number of aryl methyl sites for hydroxylation is 4. The predicted octanol–water partition coefficient (Wildman–Crippen LogP) is 4.99. The Morgan fingerprint density at radius 3 is 2.19 bits per heavy atom.